The predicted octanol–water partition coefficient (Wildman–Crippen LogP) is 2.80. The molecule has 1 amide bonds. The molecule has 27 heavy (non-hydrogen) atoms. The van der Waals surface area contributed by atoms with Gasteiger partial charge in [0.15, 0.2) is 0 Å². The van der Waals surface area contributed by atoms with Gasteiger partial charge in [0, 0.05) is 58.4 Å². The monoisotopic (exact) mass is 368 g/mol. The number of likely N-dealkylation sites (tertiary alicyclic amines) is 1. The molecule has 0 spiro atoms. The van der Waals surface area contributed by atoms with E-state index in [0.717, 1.165) is 70.9 Å². The van der Waals surface area contributed by atoms with E-state index in [1.807, 2.05) is 12.3 Å². The third-order valence-corrected chi connectivity index (χ3v) is 6.28. The van der Waals surface area contributed by atoms with Crippen LogP contribution in [0.15, 0.2) is 36.5 Å². The largest absolute Gasteiger partial charge is 0.354 e. The van der Waals surface area contributed by atoms with Crippen LogP contribution in [-0.2, 0) is 4.79 Å². The zero-order chi connectivity index (χ0) is 18.5. The second-order valence-electron chi connectivity index (χ2n) is 8.29. The first kappa shape index (κ1) is 18.5. The van der Waals surface area contributed by atoms with E-state index in [1.165, 1.54) is 6.42 Å². The molecule has 1 aromatic heterocycles. The maximum absolute atomic E-state index is 12.7. The fraction of sp³-hybridized carbons (Fsp3) is 0.636. The summed E-state index contributed by atoms with van der Waals surface area (Å²) in [7, 11) is 0. The summed E-state index contributed by atoms with van der Waals surface area (Å²) in [6.45, 7) is 7.31. The Hall–Kier alpha value is -1.88. The molecule has 3 heterocycles. The fourth-order valence-electron chi connectivity index (χ4n) is 4.72. The number of carbonyl (C=O) groups is 1. The Labute approximate surface area is 163 Å². The van der Waals surface area contributed by atoms with Crippen LogP contribution in [0.1, 0.15) is 32.1 Å². The number of anilines is 1. The Kier molecular flexibility index (Phi) is 6.07. The number of aromatic nitrogens is 1. The topological polar surface area (TPSA) is 39.7 Å². The van der Waals surface area contributed by atoms with Gasteiger partial charge in [0.1, 0.15) is 5.82 Å². The van der Waals surface area contributed by atoms with E-state index >= 15 is 0 Å². The predicted molar refractivity (Wildman–Crippen MR) is 109 cm³/mol. The molecular formula is C22H32N4O. The van der Waals surface area contributed by atoms with Crippen LogP contribution >= 0.6 is 0 Å². The summed E-state index contributed by atoms with van der Waals surface area (Å²) in [4.78, 5) is 24.2. The van der Waals surface area contributed by atoms with E-state index in [1.54, 1.807) is 0 Å². The Morgan fingerprint density at radius 3 is 2.74 bits per heavy atom. The van der Waals surface area contributed by atoms with Crippen LogP contribution in [0.4, 0.5) is 5.82 Å². The Morgan fingerprint density at radius 2 is 2.00 bits per heavy atom. The lowest BCUT2D eigenvalue weighted by Crippen LogP contribution is -2.50. The summed E-state index contributed by atoms with van der Waals surface area (Å²) < 4.78 is 0. The third kappa shape index (κ3) is 4.89. The number of allylic oxidation sites excluding steroid dienone is 2. The van der Waals surface area contributed by atoms with Gasteiger partial charge in [-0.25, -0.2) is 4.98 Å². The summed E-state index contributed by atoms with van der Waals surface area (Å²) in [5.74, 6) is 2.57. The van der Waals surface area contributed by atoms with Crippen molar-refractivity contribution in [2.45, 2.75) is 32.1 Å². The smallest absolute Gasteiger partial charge is 0.223 e. The number of hydrogen-bond acceptors (Lipinski definition) is 4. The molecule has 0 saturated carbocycles. The molecule has 0 unspecified atom stereocenters. The molecule has 0 aromatic carbocycles. The number of carbonyl (C=O) groups excluding carboxylic acids is 1. The van der Waals surface area contributed by atoms with E-state index in [0.29, 0.717) is 24.2 Å². The van der Waals surface area contributed by atoms with E-state index in [2.05, 4.69) is 44.0 Å². The zero-order valence-corrected chi connectivity index (χ0v) is 16.3. The maximum atomic E-state index is 12.7. The SMILES string of the molecule is O=C(C[C@H]1C=CCC1)N1CCC[C@@H](CN2CCN(c3ccccn3)CC2)C1. The molecule has 4 rings (SSSR count). The molecule has 2 fully saturated rings. The fourth-order valence-corrected chi connectivity index (χ4v) is 4.72. The maximum Gasteiger partial charge on any atom is 0.223 e. The van der Waals surface area contributed by atoms with Gasteiger partial charge in [0.05, 0.1) is 0 Å². The number of nitrogens with zero attached hydrogens (tertiary/aromatic N) is 4. The first-order valence-corrected chi connectivity index (χ1v) is 10.6. The van der Waals surface area contributed by atoms with E-state index < -0.39 is 0 Å². The number of amides is 1. The van der Waals surface area contributed by atoms with Gasteiger partial charge in [-0.15, -0.1) is 0 Å². The van der Waals surface area contributed by atoms with Crippen LogP contribution in [0.25, 0.3) is 0 Å². The highest BCUT2D eigenvalue weighted by atomic mass is 16.2. The van der Waals surface area contributed by atoms with Gasteiger partial charge < -0.3 is 9.80 Å². The van der Waals surface area contributed by atoms with Crippen molar-refractivity contribution in [2.24, 2.45) is 11.8 Å². The van der Waals surface area contributed by atoms with Crippen molar-refractivity contribution in [3.8, 4) is 0 Å². The molecule has 2 atom stereocenters. The second kappa shape index (κ2) is 8.87. The highest BCUT2D eigenvalue weighted by Crippen LogP contribution is 2.24. The minimum atomic E-state index is 0.372. The number of rotatable bonds is 5. The molecule has 146 valence electrons. The minimum absolute atomic E-state index is 0.372. The standard InChI is InChI=1S/C22H32N4O/c27-22(16-19-6-1-2-7-19)26-11-5-8-20(18-26)17-24-12-14-25(15-13-24)21-9-3-4-10-23-21/h1,3-4,6,9-10,19-20H,2,5,7-8,11-18H2/t19-,20-/m0/s1. The van der Waals surface area contributed by atoms with Gasteiger partial charge in [-0.1, -0.05) is 18.2 Å². The lowest BCUT2D eigenvalue weighted by molar-refractivity contribution is -0.133. The summed E-state index contributed by atoms with van der Waals surface area (Å²) in [5.41, 5.74) is 0. The third-order valence-electron chi connectivity index (χ3n) is 6.28. The molecule has 1 aromatic rings. The van der Waals surface area contributed by atoms with Crippen LogP contribution in [0.3, 0.4) is 0 Å². The summed E-state index contributed by atoms with van der Waals surface area (Å²) >= 11 is 0. The van der Waals surface area contributed by atoms with Gasteiger partial charge in [-0.3, -0.25) is 9.69 Å². The van der Waals surface area contributed by atoms with Crippen molar-refractivity contribution in [2.75, 3.05) is 50.7 Å². The van der Waals surface area contributed by atoms with Crippen molar-refractivity contribution < 1.29 is 4.79 Å². The highest BCUT2D eigenvalue weighted by Gasteiger charge is 2.28. The summed E-state index contributed by atoms with van der Waals surface area (Å²) in [6, 6.07) is 6.13. The lowest BCUT2D eigenvalue weighted by atomic mass is 9.95. The molecular weight excluding hydrogens is 336 g/mol. The minimum Gasteiger partial charge on any atom is -0.354 e. The van der Waals surface area contributed by atoms with Crippen LogP contribution in [0, 0.1) is 11.8 Å². The Morgan fingerprint density at radius 1 is 1.11 bits per heavy atom. The Bertz CT molecular complexity index is 639. The summed E-state index contributed by atoms with van der Waals surface area (Å²) in [6.07, 6.45) is 11.8. The van der Waals surface area contributed by atoms with Crippen LogP contribution in [0.2, 0.25) is 0 Å². The number of pyridine rings is 1. The molecule has 0 radical (unpaired) electrons. The number of piperidine rings is 1. The second-order valence-corrected chi connectivity index (χ2v) is 8.29. The van der Waals surface area contributed by atoms with Crippen molar-refractivity contribution in [3.63, 3.8) is 0 Å². The van der Waals surface area contributed by atoms with Gasteiger partial charge >= 0.3 is 0 Å². The first-order chi connectivity index (χ1) is 13.3. The van der Waals surface area contributed by atoms with Crippen LogP contribution < -0.4 is 4.90 Å². The molecule has 0 N–H and O–H groups in total. The van der Waals surface area contributed by atoms with E-state index in [9.17, 15) is 4.79 Å². The van der Waals surface area contributed by atoms with Gasteiger partial charge in [-0.05, 0) is 49.7 Å². The van der Waals surface area contributed by atoms with Gasteiger partial charge in [-0.2, -0.15) is 0 Å². The molecule has 2 saturated heterocycles. The van der Waals surface area contributed by atoms with Gasteiger partial charge in [0.2, 0.25) is 5.91 Å². The summed E-state index contributed by atoms with van der Waals surface area (Å²) in [5, 5.41) is 0. The van der Waals surface area contributed by atoms with Crippen LogP contribution in [0.5, 0.6) is 0 Å². The van der Waals surface area contributed by atoms with Gasteiger partial charge in [0.25, 0.3) is 0 Å². The lowest BCUT2D eigenvalue weighted by Gasteiger charge is -2.39. The molecule has 5 nitrogen and oxygen atoms in total. The molecule has 2 aliphatic heterocycles. The van der Waals surface area contributed by atoms with Crippen molar-refractivity contribution >= 4 is 11.7 Å². The molecule has 5 heteroatoms. The molecule has 1 aliphatic carbocycles. The van der Waals surface area contributed by atoms with E-state index in [-0.39, 0.29) is 0 Å². The first-order valence-electron chi connectivity index (χ1n) is 10.6. The molecule has 3 aliphatic rings. The van der Waals surface area contributed by atoms with Crippen molar-refractivity contribution in [1.82, 2.24) is 14.8 Å². The van der Waals surface area contributed by atoms with E-state index in [4.69, 9.17) is 0 Å². The quantitative estimate of drug-likeness (QED) is 0.750. The average molecular weight is 369 g/mol. The zero-order valence-electron chi connectivity index (χ0n) is 16.3. The molecule has 0 bridgehead atoms. The number of hydrogen-bond donors (Lipinski definition) is 0. The van der Waals surface area contributed by atoms with Crippen molar-refractivity contribution in [3.05, 3.63) is 36.5 Å². The van der Waals surface area contributed by atoms with Crippen LogP contribution in [-0.4, -0.2) is 66.5 Å². The number of piperazine rings is 1. The average Bonchev–Trinajstić information content (AvgIpc) is 3.22. The highest BCUT2D eigenvalue weighted by molar-refractivity contribution is 5.76. The normalized spacial score (nSPS) is 26.5. The van der Waals surface area contributed by atoms with Crippen molar-refractivity contribution in [1.29, 1.82) is 0 Å². The Balaban J connectivity index is 1.22.